The Hall–Kier alpha value is -1.07. The molecule has 0 unspecified atom stereocenters. The number of aromatic nitrogens is 3. The molecular weight excluding hydrogens is 316 g/mol. The Morgan fingerprint density at radius 1 is 1.50 bits per heavy atom. The summed E-state index contributed by atoms with van der Waals surface area (Å²) in [5.74, 6) is 0. The number of anilines is 1. The van der Waals surface area contributed by atoms with Crippen molar-refractivity contribution in [3.8, 4) is 0 Å². The van der Waals surface area contributed by atoms with Crippen LogP contribution >= 0.6 is 27.5 Å². The molecule has 96 valence electrons. The molecule has 0 saturated heterocycles. The largest absolute Gasteiger partial charge is 0.378 e. The lowest BCUT2D eigenvalue weighted by Crippen LogP contribution is -2.02. The second kappa shape index (κ2) is 5.71. The topological polar surface area (TPSA) is 42.7 Å². The molecule has 0 aliphatic rings. The average molecular weight is 330 g/mol. The fraction of sp³-hybridized carbons (Fsp3) is 0.333. The first-order valence-corrected chi connectivity index (χ1v) is 6.83. The van der Waals surface area contributed by atoms with Crippen molar-refractivity contribution in [2.75, 3.05) is 5.32 Å². The van der Waals surface area contributed by atoms with Crippen molar-refractivity contribution in [3.63, 3.8) is 0 Å². The van der Waals surface area contributed by atoms with Crippen LogP contribution in [0.15, 0.2) is 22.9 Å². The molecule has 0 spiro atoms. The number of nitrogens with one attached hydrogen (secondary N) is 1. The zero-order valence-corrected chi connectivity index (χ0v) is 12.6. The van der Waals surface area contributed by atoms with E-state index in [4.69, 9.17) is 11.6 Å². The number of hydrogen-bond acceptors (Lipinski definition) is 3. The van der Waals surface area contributed by atoms with Crippen LogP contribution in [0.3, 0.4) is 0 Å². The van der Waals surface area contributed by atoms with Gasteiger partial charge in [-0.2, -0.15) is 5.10 Å². The number of nitrogens with zero attached hydrogens (tertiary/aromatic N) is 3. The molecule has 0 aliphatic heterocycles. The molecule has 6 heteroatoms. The molecule has 0 amide bonds. The lowest BCUT2D eigenvalue weighted by atomic mass is 10.2. The first-order chi connectivity index (χ1) is 8.60. The fourth-order valence-corrected chi connectivity index (χ4v) is 2.27. The number of halogens is 2. The van der Waals surface area contributed by atoms with E-state index in [1.807, 2.05) is 24.0 Å². The monoisotopic (exact) mass is 328 g/mol. The van der Waals surface area contributed by atoms with Crippen molar-refractivity contribution in [2.24, 2.45) is 7.05 Å². The summed E-state index contributed by atoms with van der Waals surface area (Å²) in [6.45, 7) is 2.79. The molecule has 0 bridgehead atoms. The summed E-state index contributed by atoms with van der Waals surface area (Å²) in [5, 5.41) is 8.15. The molecule has 0 aromatic carbocycles. The quantitative estimate of drug-likeness (QED) is 0.874. The maximum Gasteiger partial charge on any atom is 0.152 e. The molecule has 0 fully saturated rings. The highest BCUT2D eigenvalue weighted by molar-refractivity contribution is 9.10. The molecule has 0 saturated carbocycles. The Kier molecular flexibility index (Phi) is 4.24. The third kappa shape index (κ3) is 3.03. The van der Waals surface area contributed by atoms with Crippen molar-refractivity contribution >= 4 is 33.2 Å². The van der Waals surface area contributed by atoms with E-state index in [1.54, 1.807) is 6.20 Å². The first kappa shape index (κ1) is 13.4. The molecule has 0 aliphatic carbocycles. The van der Waals surface area contributed by atoms with Crippen LogP contribution in [-0.4, -0.2) is 14.8 Å². The Morgan fingerprint density at radius 3 is 3.00 bits per heavy atom. The van der Waals surface area contributed by atoms with Gasteiger partial charge in [0, 0.05) is 36.0 Å². The minimum atomic E-state index is 0.472. The van der Waals surface area contributed by atoms with Gasteiger partial charge in [-0.25, -0.2) is 4.98 Å². The van der Waals surface area contributed by atoms with Crippen LogP contribution in [0.2, 0.25) is 5.15 Å². The molecule has 1 N–H and O–H groups in total. The number of aryl methyl sites for hydroxylation is 2. The van der Waals surface area contributed by atoms with Crippen LogP contribution in [0.5, 0.6) is 0 Å². The van der Waals surface area contributed by atoms with Crippen LogP contribution in [0, 0.1) is 0 Å². The zero-order chi connectivity index (χ0) is 13.1. The predicted molar refractivity (Wildman–Crippen MR) is 76.9 cm³/mol. The molecule has 2 rings (SSSR count). The smallest absolute Gasteiger partial charge is 0.152 e. The maximum absolute atomic E-state index is 6.03. The molecule has 0 atom stereocenters. The summed E-state index contributed by atoms with van der Waals surface area (Å²) < 4.78 is 2.73. The van der Waals surface area contributed by atoms with Crippen LogP contribution in [0.1, 0.15) is 18.2 Å². The van der Waals surface area contributed by atoms with E-state index in [0.717, 1.165) is 22.3 Å². The summed E-state index contributed by atoms with van der Waals surface area (Å²) in [7, 11) is 1.93. The SMILES string of the molecule is CCc1nn(C)cc1CNc1cc(Br)cnc1Cl. The minimum Gasteiger partial charge on any atom is -0.378 e. The van der Waals surface area contributed by atoms with E-state index < -0.39 is 0 Å². The summed E-state index contributed by atoms with van der Waals surface area (Å²) >= 11 is 9.40. The normalized spacial score (nSPS) is 10.7. The van der Waals surface area contributed by atoms with Crippen molar-refractivity contribution in [1.82, 2.24) is 14.8 Å². The minimum absolute atomic E-state index is 0.472. The van der Waals surface area contributed by atoms with Crippen molar-refractivity contribution in [3.05, 3.63) is 39.3 Å². The summed E-state index contributed by atoms with van der Waals surface area (Å²) in [6, 6.07) is 1.91. The molecular formula is C12H14BrClN4. The van der Waals surface area contributed by atoms with E-state index in [2.05, 4.69) is 38.3 Å². The van der Waals surface area contributed by atoms with Gasteiger partial charge in [0.2, 0.25) is 0 Å². The lowest BCUT2D eigenvalue weighted by molar-refractivity contribution is 0.746. The van der Waals surface area contributed by atoms with Crippen molar-refractivity contribution < 1.29 is 0 Å². The van der Waals surface area contributed by atoms with E-state index in [-0.39, 0.29) is 0 Å². The van der Waals surface area contributed by atoms with Crippen LogP contribution in [0.25, 0.3) is 0 Å². The highest BCUT2D eigenvalue weighted by Gasteiger charge is 2.07. The number of hydrogen-bond donors (Lipinski definition) is 1. The van der Waals surface area contributed by atoms with Crippen LogP contribution in [0.4, 0.5) is 5.69 Å². The van der Waals surface area contributed by atoms with Crippen molar-refractivity contribution in [2.45, 2.75) is 19.9 Å². The first-order valence-electron chi connectivity index (χ1n) is 5.66. The average Bonchev–Trinajstić information content (AvgIpc) is 2.71. The van der Waals surface area contributed by atoms with E-state index in [9.17, 15) is 0 Å². The van der Waals surface area contributed by atoms with E-state index in [0.29, 0.717) is 11.7 Å². The van der Waals surface area contributed by atoms with Gasteiger partial charge in [0.1, 0.15) is 0 Å². The molecule has 4 nitrogen and oxygen atoms in total. The third-order valence-corrected chi connectivity index (χ3v) is 3.34. The molecule has 0 radical (unpaired) electrons. The van der Waals surface area contributed by atoms with Crippen LogP contribution in [-0.2, 0) is 20.0 Å². The standard InChI is InChI=1S/C12H14BrClN4/c1-3-10-8(7-18(2)17-10)5-15-11-4-9(13)6-16-12(11)14/h4,6-7,15H,3,5H2,1-2H3. The summed E-state index contributed by atoms with van der Waals surface area (Å²) in [6.07, 6.45) is 4.61. The second-order valence-corrected chi connectivity index (χ2v) is 5.25. The van der Waals surface area contributed by atoms with Gasteiger partial charge in [-0.15, -0.1) is 0 Å². The molecule has 18 heavy (non-hydrogen) atoms. The van der Waals surface area contributed by atoms with Gasteiger partial charge >= 0.3 is 0 Å². The maximum atomic E-state index is 6.03. The van der Waals surface area contributed by atoms with E-state index >= 15 is 0 Å². The Labute approximate surface area is 119 Å². The van der Waals surface area contributed by atoms with Gasteiger partial charge in [-0.1, -0.05) is 18.5 Å². The second-order valence-electron chi connectivity index (χ2n) is 3.97. The van der Waals surface area contributed by atoms with E-state index in [1.165, 1.54) is 5.56 Å². The van der Waals surface area contributed by atoms with Crippen LogP contribution < -0.4 is 5.32 Å². The van der Waals surface area contributed by atoms with Gasteiger partial charge in [0.15, 0.2) is 5.15 Å². The van der Waals surface area contributed by atoms with Crippen molar-refractivity contribution in [1.29, 1.82) is 0 Å². The Morgan fingerprint density at radius 2 is 2.28 bits per heavy atom. The number of rotatable bonds is 4. The van der Waals surface area contributed by atoms with Gasteiger partial charge in [0.05, 0.1) is 11.4 Å². The third-order valence-electron chi connectivity index (χ3n) is 2.60. The van der Waals surface area contributed by atoms with Gasteiger partial charge in [-0.05, 0) is 28.4 Å². The Bertz CT molecular complexity index is 553. The number of pyridine rings is 1. The summed E-state index contributed by atoms with van der Waals surface area (Å²) in [5.41, 5.74) is 3.09. The molecule has 2 heterocycles. The molecule has 2 aromatic rings. The van der Waals surface area contributed by atoms with Gasteiger partial charge in [0.25, 0.3) is 0 Å². The summed E-state index contributed by atoms with van der Waals surface area (Å²) in [4.78, 5) is 4.07. The highest BCUT2D eigenvalue weighted by Crippen LogP contribution is 2.23. The zero-order valence-electron chi connectivity index (χ0n) is 10.2. The highest BCUT2D eigenvalue weighted by atomic mass is 79.9. The molecule has 2 aromatic heterocycles. The fourth-order valence-electron chi connectivity index (χ4n) is 1.77. The van der Waals surface area contributed by atoms with Gasteiger partial charge < -0.3 is 5.32 Å². The lowest BCUT2D eigenvalue weighted by Gasteiger charge is -2.07. The van der Waals surface area contributed by atoms with Gasteiger partial charge in [-0.3, -0.25) is 4.68 Å². The Balaban J connectivity index is 2.13. The predicted octanol–water partition coefficient (Wildman–Crippen LogP) is 3.41.